The Morgan fingerprint density at radius 2 is 1.96 bits per heavy atom. The fraction of sp³-hybridized carbons (Fsp3) is 0.333. The molecule has 0 bridgehead atoms. The first-order chi connectivity index (χ1) is 12.8. The second-order valence-electron chi connectivity index (χ2n) is 7.54. The Kier molecular flexibility index (Phi) is 4.21. The molecule has 136 valence electrons. The first-order valence-electron chi connectivity index (χ1n) is 9.23. The molecular weight excluding hydrogens is 337 g/mol. The first-order valence-corrected chi connectivity index (χ1v) is 9.23. The summed E-state index contributed by atoms with van der Waals surface area (Å²) in [5.74, 6) is -0.219. The summed E-state index contributed by atoms with van der Waals surface area (Å²) in [5, 5.41) is 3.83. The van der Waals surface area contributed by atoms with Gasteiger partial charge in [0.25, 0.3) is 11.5 Å². The Hall–Kier alpha value is -2.76. The van der Waals surface area contributed by atoms with Crippen LogP contribution in [0.25, 0.3) is 10.9 Å². The Balaban J connectivity index is 1.68. The number of fused-ring (bicyclic) bond motifs is 1. The molecule has 1 aliphatic rings. The molecular formula is C21H22BN3O2. The van der Waals surface area contributed by atoms with E-state index in [2.05, 4.69) is 21.1 Å². The molecule has 4 rings (SSSR count). The predicted molar refractivity (Wildman–Crippen MR) is 108 cm³/mol. The molecule has 1 fully saturated rings. The van der Waals surface area contributed by atoms with Gasteiger partial charge in [-0.05, 0) is 56.9 Å². The van der Waals surface area contributed by atoms with E-state index in [1.807, 2.05) is 32.9 Å². The lowest BCUT2D eigenvalue weighted by Gasteiger charge is -2.11. The molecule has 1 aromatic carbocycles. The number of nitrogens with zero attached hydrogens (tertiary/aromatic N) is 1. The standard InChI is InChI=1S/C21H22BN3O2/c1-11-6-13(3)24-21(27)17(11)9-23-20(26)16-7-14(22)8-18-19(16)12(2)10-25(18)15-4-5-15/h6-8,10,15H,4-5,9H2,1-3H3,(H,23,26)(H,24,27). The zero-order chi connectivity index (χ0) is 19.3. The first kappa shape index (κ1) is 17.6. The molecule has 2 heterocycles. The molecule has 1 aliphatic carbocycles. The van der Waals surface area contributed by atoms with Gasteiger partial charge in [-0.2, -0.15) is 0 Å². The molecule has 3 aromatic rings. The maximum Gasteiger partial charge on any atom is 0.253 e. The van der Waals surface area contributed by atoms with Crippen molar-refractivity contribution in [2.45, 2.75) is 46.2 Å². The van der Waals surface area contributed by atoms with E-state index in [4.69, 9.17) is 7.85 Å². The van der Waals surface area contributed by atoms with Crippen LogP contribution in [0.3, 0.4) is 0 Å². The van der Waals surface area contributed by atoms with Gasteiger partial charge < -0.3 is 14.9 Å². The number of H-pyrrole nitrogens is 1. The molecule has 1 saturated carbocycles. The van der Waals surface area contributed by atoms with E-state index in [0.29, 0.717) is 22.6 Å². The average molecular weight is 359 g/mol. The molecule has 0 aliphatic heterocycles. The van der Waals surface area contributed by atoms with Crippen molar-refractivity contribution in [3.63, 3.8) is 0 Å². The molecule has 1 amide bonds. The number of aromatic amines is 1. The van der Waals surface area contributed by atoms with Crippen molar-refractivity contribution in [1.82, 2.24) is 14.9 Å². The normalized spacial score (nSPS) is 13.9. The van der Waals surface area contributed by atoms with E-state index in [9.17, 15) is 9.59 Å². The van der Waals surface area contributed by atoms with E-state index in [-0.39, 0.29) is 18.0 Å². The average Bonchev–Trinajstić information content (AvgIpc) is 3.37. The fourth-order valence-corrected chi connectivity index (χ4v) is 3.81. The molecule has 5 nitrogen and oxygen atoms in total. The Labute approximate surface area is 159 Å². The predicted octanol–water partition coefficient (Wildman–Crippen LogP) is 2.31. The summed E-state index contributed by atoms with van der Waals surface area (Å²) >= 11 is 0. The van der Waals surface area contributed by atoms with Crippen molar-refractivity contribution < 1.29 is 4.79 Å². The SMILES string of the molecule is [B]c1cc(C(=O)NCc2c(C)cc(C)[nH]c2=O)c2c(C)cn(C3CC3)c2c1. The number of aryl methyl sites for hydroxylation is 3. The van der Waals surface area contributed by atoms with Gasteiger partial charge in [-0.3, -0.25) is 9.59 Å². The summed E-state index contributed by atoms with van der Waals surface area (Å²) in [6.45, 7) is 5.91. The minimum absolute atomic E-state index is 0.165. The van der Waals surface area contributed by atoms with Gasteiger partial charge in [-0.1, -0.05) is 11.5 Å². The van der Waals surface area contributed by atoms with Crippen LogP contribution in [0.5, 0.6) is 0 Å². The number of aromatic nitrogens is 2. The Bertz CT molecular complexity index is 1120. The number of carbonyl (C=O) groups is 1. The monoisotopic (exact) mass is 359 g/mol. The smallest absolute Gasteiger partial charge is 0.253 e. The van der Waals surface area contributed by atoms with Crippen LogP contribution in [-0.2, 0) is 6.54 Å². The van der Waals surface area contributed by atoms with Gasteiger partial charge in [0, 0.05) is 46.5 Å². The van der Waals surface area contributed by atoms with Gasteiger partial charge in [0.1, 0.15) is 7.85 Å². The van der Waals surface area contributed by atoms with Crippen LogP contribution >= 0.6 is 0 Å². The van der Waals surface area contributed by atoms with Crippen LogP contribution in [0, 0.1) is 20.8 Å². The van der Waals surface area contributed by atoms with Crippen molar-refractivity contribution in [3.8, 4) is 0 Å². The molecule has 6 heteroatoms. The van der Waals surface area contributed by atoms with Crippen molar-refractivity contribution in [1.29, 1.82) is 0 Å². The van der Waals surface area contributed by atoms with E-state index >= 15 is 0 Å². The van der Waals surface area contributed by atoms with Gasteiger partial charge in [-0.15, -0.1) is 0 Å². The van der Waals surface area contributed by atoms with Crippen molar-refractivity contribution in [2.24, 2.45) is 0 Å². The van der Waals surface area contributed by atoms with E-state index in [1.165, 1.54) is 0 Å². The molecule has 2 radical (unpaired) electrons. The third-order valence-corrected chi connectivity index (χ3v) is 5.25. The highest BCUT2D eigenvalue weighted by atomic mass is 16.1. The minimum atomic E-state index is -0.219. The zero-order valence-electron chi connectivity index (χ0n) is 15.8. The molecule has 2 N–H and O–H groups in total. The summed E-state index contributed by atoms with van der Waals surface area (Å²) in [6.07, 6.45) is 4.43. The summed E-state index contributed by atoms with van der Waals surface area (Å²) in [4.78, 5) is 27.9. The second-order valence-corrected chi connectivity index (χ2v) is 7.54. The molecule has 0 atom stereocenters. The highest BCUT2D eigenvalue weighted by molar-refractivity contribution is 6.34. The summed E-state index contributed by atoms with van der Waals surface area (Å²) in [5.41, 5.74) is 5.27. The van der Waals surface area contributed by atoms with Gasteiger partial charge in [0.2, 0.25) is 0 Å². The van der Waals surface area contributed by atoms with Crippen molar-refractivity contribution in [3.05, 3.63) is 62.7 Å². The lowest BCUT2D eigenvalue weighted by Crippen LogP contribution is -2.28. The highest BCUT2D eigenvalue weighted by Gasteiger charge is 2.26. The Morgan fingerprint density at radius 3 is 2.63 bits per heavy atom. The largest absolute Gasteiger partial charge is 0.348 e. The van der Waals surface area contributed by atoms with E-state index in [0.717, 1.165) is 40.6 Å². The molecule has 0 saturated heterocycles. The van der Waals surface area contributed by atoms with Gasteiger partial charge >= 0.3 is 0 Å². The van der Waals surface area contributed by atoms with Crippen molar-refractivity contribution in [2.75, 3.05) is 0 Å². The zero-order valence-corrected chi connectivity index (χ0v) is 15.8. The number of pyridine rings is 1. The van der Waals surface area contributed by atoms with E-state index < -0.39 is 0 Å². The van der Waals surface area contributed by atoms with Crippen LogP contribution in [-0.4, -0.2) is 23.3 Å². The highest BCUT2D eigenvalue weighted by Crippen LogP contribution is 2.39. The minimum Gasteiger partial charge on any atom is -0.348 e. The lowest BCUT2D eigenvalue weighted by molar-refractivity contribution is 0.0952. The van der Waals surface area contributed by atoms with Crippen LogP contribution in [0.4, 0.5) is 0 Å². The number of carbonyl (C=O) groups excluding carboxylic acids is 1. The lowest BCUT2D eigenvalue weighted by atomic mass is 9.91. The number of nitrogens with one attached hydrogen (secondary N) is 2. The Morgan fingerprint density at radius 1 is 1.22 bits per heavy atom. The topological polar surface area (TPSA) is 66.9 Å². The van der Waals surface area contributed by atoms with Crippen LogP contribution < -0.4 is 16.3 Å². The second kappa shape index (κ2) is 6.45. The van der Waals surface area contributed by atoms with Gasteiger partial charge in [0.15, 0.2) is 0 Å². The quantitative estimate of drug-likeness (QED) is 0.702. The van der Waals surface area contributed by atoms with Crippen LogP contribution in [0.15, 0.2) is 29.2 Å². The number of benzene rings is 1. The van der Waals surface area contributed by atoms with Gasteiger partial charge in [0.05, 0.1) is 0 Å². The fourth-order valence-electron chi connectivity index (χ4n) is 3.81. The van der Waals surface area contributed by atoms with Crippen LogP contribution in [0.2, 0.25) is 0 Å². The summed E-state index contributed by atoms with van der Waals surface area (Å²) < 4.78 is 2.23. The molecule has 0 unspecified atom stereocenters. The van der Waals surface area contributed by atoms with Gasteiger partial charge in [-0.25, -0.2) is 0 Å². The number of rotatable bonds is 4. The maximum absolute atomic E-state index is 12.9. The number of hydrogen-bond donors (Lipinski definition) is 2. The van der Waals surface area contributed by atoms with E-state index in [1.54, 1.807) is 6.07 Å². The third-order valence-electron chi connectivity index (χ3n) is 5.25. The number of hydrogen-bond acceptors (Lipinski definition) is 2. The summed E-state index contributed by atoms with van der Waals surface area (Å²) in [7, 11) is 6.09. The van der Waals surface area contributed by atoms with Crippen LogP contribution in [0.1, 0.15) is 51.6 Å². The number of amides is 1. The third kappa shape index (κ3) is 3.20. The maximum atomic E-state index is 12.9. The van der Waals surface area contributed by atoms with Crippen molar-refractivity contribution >= 4 is 30.1 Å². The summed E-state index contributed by atoms with van der Waals surface area (Å²) in [6, 6.07) is 6.06. The molecule has 2 aromatic heterocycles. The molecule has 27 heavy (non-hydrogen) atoms. The molecule has 0 spiro atoms.